The Hall–Kier alpha value is -8.12. The van der Waals surface area contributed by atoms with Crippen LogP contribution in [-0.2, 0) is 0 Å². The zero-order valence-corrected chi connectivity index (χ0v) is 35.2. The number of rotatable bonds is 6. The van der Waals surface area contributed by atoms with Crippen molar-refractivity contribution in [2.45, 2.75) is 0 Å². The van der Waals surface area contributed by atoms with E-state index >= 15 is 0 Å². The summed E-state index contributed by atoms with van der Waals surface area (Å²) in [5, 5.41) is 10.0. The minimum Gasteiger partial charge on any atom is -0.309 e. The average molecular weight is 819 g/mol. The molecule has 12 aromatic rings. The predicted octanol–water partition coefficient (Wildman–Crippen LogP) is 11.4. The molecule has 0 amide bonds. The molecule has 294 valence electrons. The summed E-state index contributed by atoms with van der Waals surface area (Å²) < 4.78 is 4.85. The van der Waals surface area contributed by atoms with Crippen molar-refractivity contribution in [1.29, 1.82) is 0 Å². The summed E-state index contributed by atoms with van der Waals surface area (Å²) in [5.74, 6) is 0.715. The average Bonchev–Trinajstić information content (AvgIpc) is 3.99. The highest BCUT2D eigenvalue weighted by atomic mass is 28.3. The van der Waals surface area contributed by atoms with Crippen molar-refractivity contribution >= 4 is 72.6 Å². The summed E-state index contributed by atoms with van der Waals surface area (Å²) in [6, 6.07) is 83.6. The third kappa shape index (κ3) is 5.08. The van der Waals surface area contributed by atoms with Gasteiger partial charge in [-0.3, -0.25) is 0 Å². The molecule has 0 aliphatic carbocycles. The van der Waals surface area contributed by atoms with Crippen LogP contribution in [0.2, 0.25) is 0 Å². The van der Waals surface area contributed by atoms with E-state index in [0.717, 1.165) is 50.1 Å². The van der Waals surface area contributed by atoms with Crippen LogP contribution in [0.5, 0.6) is 0 Å². The van der Waals surface area contributed by atoms with Gasteiger partial charge in [0.2, 0.25) is 8.07 Å². The quantitative estimate of drug-likeness (QED) is 0.157. The van der Waals surface area contributed by atoms with Crippen molar-refractivity contribution in [2.75, 3.05) is 0 Å². The van der Waals surface area contributed by atoms with E-state index in [0.29, 0.717) is 5.82 Å². The Kier molecular flexibility index (Phi) is 7.89. The molecule has 0 bridgehead atoms. The summed E-state index contributed by atoms with van der Waals surface area (Å²) in [7, 11) is -2.97. The maximum Gasteiger partial charge on any atom is 0.203 e. The van der Waals surface area contributed by atoms with Gasteiger partial charge in [-0.2, -0.15) is 0 Å². The number of hydrogen-bond acceptors (Lipinski definition) is 2. The van der Waals surface area contributed by atoms with E-state index in [1.165, 1.54) is 53.7 Å². The van der Waals surface area contributed by atoms with E-state index in [2.05, 4.69) is 240 Å². The van der Waals surface area contributed by atoms with E-state index < -0.39 is 8.07 Å². The third-order valence-electron chi connectivity index (χ3n) is 13.2. The Morgan fingerprint density at radius 1 is 0.365 bits per heavy atom. The first-order valence-electron chi connectivity index (χ1n) is 21.6. The molecule has 0 spiro atoms. The van der Waals surface area contributed by atoms with Crippen LogP contribution in [0, 0.1) is 0 Å². The van der Waals surface area contributed by atoms with Crippen LogP contribution >= 0.6 is 0 Å². The molecule has 0 saturated carbocycles. The molecule has 0 N–H and O–H groups in total. The smallest absolute Gasteiger partial charge is 0.203 e. The Morgan fingerprint density at radius 2 is 0.857 bits per heavy atom. The lowest BCUT2D eigenvalue weighted by Gasteiger charge is -2.30. The maximum atomic E-state index is 5.92. The monoisotopic (exact) mass is 818 g/mol. The SMILES string of the molecule is c1ccc(-c2nc(-c3ccccc3-n3c4ccccc4c4c5c6ccccc6n(-c6ccccc6)c5ccc43)nc3c2-c2ccccc2[Si]3(c2ccccc2)c2ccccc2)cc1. The van der Waals surface area contributed by atoms with Gasteiger partial charge in [0.15, 0.2) is 5.82 Å². The molecule has 9 aromatic carbocycles. The summed E-state index contributed by atoms with van der Waals surface area (Å²) in [4.78, 5) is 11.6. The lowest BCUT2D eigenvalue weighted by atomic mass is 10.0. The molecular weight excluding hydrogens is 781 g/mol. The second-order valence-corrected chi connectivity index (χ2v) is 20.1. The highest BCUT2D eigenvalue weighted by Crippen LogP contribution is 2.44. The number of para-hydroxylation sites is 4. The molecule has 0 fully saturated rings. The van der Waals surface area contributed by atoms with Crippen molar-refractivity contribution in [2.24, 2.45) is 0 Å². The second kappa shape index (κ2) is 14.0. The number of nitrogens with zero attached hydrogens (tertiary/aromatic N) is 4. The zero-order chi connectivity index (χ0) is 41.5. The molecule has 63 heavy (non-hydrogen) atoms. The molecule has 4 nitrogen and oxygen atoms in total. The Morgan fingerprint density at radius 3 is 1.51 bits per heavy atom. The first-order valence-corrected chi connectivity index (χ1v) is 23.6. The summed E-state index contributed by atoms with van der Waals surface area (Å²) in [6.07, 6.45) is 0. The normalized spacial score (nSPS) is 12.9. The van der Waals surface area contributed by atoms with Crippen LogP contribution in [0.3, 0.4) is 0 Å². The summed E-state index contributed by atoms with van der Waals surface area (Å²) in [5.41, 5.74) is 12.2. The summed E-state index contributed by atoms with van der Waals surface area (Å²) in [6.45, 7) is 0. The van der Waals surface area contributed by atoms with E-state index in [1.54, 1.807) is 0 Å². The van der Waals surface area contributed by atoms with Crippen LogP contribution in [0.1, 0.15) is 0 Å². The fraction of sp³-hybridized carbons (Fsp3) is 0. The Labute approximate surface area is 365 Å². The fourth-order valence-electron chi connectivity index (χ4n) is 10.7. The van der Waals surface area contributed by atoms with Gasteiger partial charge in [0.25, 0.3) is 0 Å². The highest BCUT2D eigenvalue weighted by Gasteiger charge is 2.51. The van der Waals surface area contributed by atoms with Crippen LogP contribution in [0.15, 0.2) is 231 Å². The van der Waals surface area contributed by atoms with E-state index in [1.807, 2.05) is 0 Å². The lowest BCUT2D eigenvalue weighted by molar-refractivity contribution is 1.15. The van der Waals surface area contributed by atoms with Gasteiger partial charge in [-0.25, -0.2) is 9.97 Å². The van der Waals surface area contributed by atoms with Gasteiger partial charge in [0.1, 0.15) is 0 Å². The van der Waals surface area contributed by atoms with Crippen LogP contribution in [0.4, 0.5) is 0 Å². The van der Waals surface area contributed by atoms with Gasteiger partial charge in [-0.15, -0.1) is 0 Å². The molecule has 0 radical (unpaired) electrons. The van der Waals surface area contributed by atoms with Gasteiger partial charge < -0.3 is 9.13 Å². The van der Waals surface area contributed by atoms with Crippen LogP contribution < -0.4 is 20.9 Å². The van der Waals surface area contributed by atoms with Crippen molar-refractivity contribution in [3.8, 4) is 45.1 Å². The van der Waals surface area contributed by atoms with Gasteiger partial charge in [-0.1, -0.05) is 182 Å². The lowest BCUT2D eigenvalue weighted by Crippen LogP contribution is -2.73. The molecular formula is C58H38N4Si. The topological polar surface area (TPSA) is 35.6 Å². The van der Waals surface area contributed by atoms with Crippen molar-refractivity contribution in [3.63, 3.8) is 0 Å². The van der Waals surface area contributed by atoms with Gasteiger partial charge in [0.05, 0.1) is 38.8 Å². The zero-order valence-electron chi connectivity index (χ0n) is 34.2. The maximum absolute atomic E-state index is 5.92. The molecule has 3 aromatic heterocycles. The minimum atomic E-state index is -2.97. The molecule has 0 atom stereocenters. The van der Waals surface area contributed by atoms with Crippen LogP contribution in [0.25, 0.3) is 88.8 Å². The van der Waals surface area contributed by atoms with Gasteiger partial charge in [0, 0.05) is 43.9 Å². The first kappa shape index (κ1) is 35.6. The first-order chi connectivity index (χ1) is 31.3. The largest absolute Gasteiger partial charge is 0.309 e. The number of hydrogen-bond donors (Lipinski definition) is 0. The minimum absolute atomic E-state index is 0.715. The molecule has 4 heterocycles. The number of aromatic nitrogens is 4. The molecule has 13 rings (SSSR count). The third-order valence-corrected chi connectivity index (χ3v) is 17.9. The Balaban J connectivity index is 1.14. The van der Waals surface area contributed by atoms with Crippen molar-refractivity contribution < 1.29 is 0 Å². The van der Waals surface area contributed by atoms with Crippen LogP contribution in [-0.4, -0.2) is 27.2 Å². The van der Waals surface area contributed by atoms with Gasteiger partial charge >= 0.3 is 0 Å². The number of benzene rings is 9. The number of fused-ring (bicyclic) bond motifs is 10. The molecule has 5 heteroatoms. The van der Waals surface area contributed by atoms with E-state index in [-0.39, 0.29) is 0 Å². The Bertz CT molecular complexity index is 3690. The van der Waals surface area contributed by atoms with E-state index in [9.17, 15) is 0 Å². The van der Waals surface area contributed by atoms with Gasteiger partial charge in [-0.05, 0) is 69.7 Å². The standard InChI is InChI=1S/C58H38N4Si/c1-5-21-39(22-6-1)56-55-46-32-16-20-36-52(46)63(41-25-9-3-10-26-41,42-27-11-4-12-28-42)58(55)60-57(59-56)45-31-15-19-35-49(45)62-48-34-18-14-30-44(48)54-51(62)38-37-50-53(54)43-29-13-17-33-47(43)61(50)40-23-7-2-8-24-40/h1-38H. The highest BCUT2D eigenvalue weighted by molar-refractivity contribution is 7.21. The molecule has 0 saturated heterocycles. The second-order valence-electron chi connectivity index (χ2n) is 16.4. The molecule has 1 aliphatic rings. The van der Waals surface area contributed by atoms with Crippen molar-refractivity contribution in [1.82, 2.24) is 19.1 Å². The molecule has 1 aliphatic heterocycles. The summed E-state index contributed by atoms with van der Waals surface area (Å²) >= 11 is 0. The molecule has 0 unspecified atom stereocenters. The van der Waals surface area contributed by atoms with Crippen molar-refractivity contribution in [3.05, 3.63) is 231 Å². The van der Waals surface area contributed by atoms with E-state index in [4.69, 9.17) is 9.97 Å². The predicted molar refractivity (Wildman–Crippen MR) is 264 cm³/mol. The fourth-order valence-corrected chi connectivity index (χ4v) is 15.7.